The summed E-state index contributed by atoms with van der Waals surface area (Å²) >= 11 is 0. The SMILES string of the molecule is Cc1cc(C(C)(N)C(F)F)c2ccccc2n1. The lowest BCUT2D eigenvalue weighted by Gasteiger charge is -2.25. The number of nitrogens with two attached hydrogens (primary N) is 1. The van der Waals surface area contributed by atoms with Gasteiger partial charge in [-0.2, -0.15) is 0 Å². The molecule has 1 atom stereocenters. The number of hydrogen-bond donors (Lipinski definition) is 1. The van der Waals surface area contributed by atoms with Crippen LogP contribution in [-0.4, -0.2) is 11.4 Å². The van der Waals surface area contributed by atoms with E-state index in [1.807, 2.05) is 6.07 Å². The molecule has 1 heterocycles. The Morgan fingerprint density at radius 3 is 2.59 bits per heavy atom. The van der Waals surface area contributed by atoms with Crippen LogP contribution in [0.5, 0.6) is 0 Å². The number of rotatable bonds is 2. The van der Waals surface area contributed by atoms with Gasteiger partial charge in [0.2, 0.25) is 0 Å². The van der Waals surface area contributed by atoms with Crippen molar-refractivity contribution in [2.45, 2.75) is 25.8 Å². The molecule has 90 valence electrons. The van der Waals surface area contributed by atoms with Crippen LogP contribution in [0.1, 0.15) is 18.2 Å². The van der Waals surface area contributed by atoms with E-state index in [-0.39, 0.29) is 0 Å². The Bertz CT molecular complexity index is 550. The minimum absolute atomic E-state index is 0.440. The fraction of sp³-hybridized carbons (Fsp3) is 0.308. The fourth-order valence-corrected chi connectivity index (χ4v) is 1.87. The van der Waals surface area contributed by atoms with Gasteiger partial charge < -0.3 is 5.73 Å². The first-order chi connectivity index (χ1) is 7.93. The first-order valence-corrected chi connectivity index (χ1v) is 5.37. The average molecular weight is 236 g/mol. The van der Waals surface area contributed by atoms with Crippen LogP contribution in [0.4, 0.5) is 8.78 Å². The molecule has 1 aromatic heterocycles. The number of pyridine rings is 1. The quantitative estimate of drug-likeness (QED) is 0.870. The van der Waals surface area contributed by atoms with E-state index in [9.17, 15) is 8.78 Å². The standard InChI is InChI=1S/C13H14F2N2/c1-8-7-10(13(2,16)12(14)15)9-5-3-4-6-11(9)17-8/h3-7,12H,16H2,1-2H3. The van der Waals surface area contributed by atoms with Crippen molar-refractivity contribution < 1.29 is 8.78 Å². The van der Waals surface area contributed by atoms with Crippen molar-refractivity contribution in [3.05, 3.63) is 41.6 Å². The summed E-state index contributed by atoms with van der Waals surface area (Å²) in [6, 6.07) is 8.83. The number of halogens is 2. The number of para-hydroxylation sites is 1. The minimum atomic E-state index is -2.62. The maximum absolute atomic E-state index is 13.0. The van der Waals surface area contributed by atoms with Crippen molar-refractivity contribution in [2.75, 3.05) is 0 Å². The maximum Gasteiger partial charge on any atom is 0.260 e. The van der Waals surface area contributed by atoms with Crippen LogP contribution in [0.3, 0.4) is 0 Å². The minimum Gasteiger partial charge on any atom is -0.317 e. The third-order valence-corrected chi connectivity index (χ3v) is 2.88. The van der Waals surface area contributed by atoms with Crippen molar-refractivity contribution in [2.24, 2.45) is 5.73 Å². The zero-order chi connectivity index (χ0) is 12.6. The monoisotopic (exact) mass is 236 g/mol. The van der Waals surface area contributed by atoms with Gasteiger partial charge in [0.1, 0.15) is 5.54 Å². The highest BCUT2D eigenvalue weighted by Gasteiger charge is 2.34. The molecule has 0 saturated heterocycles. The Balaban J connectivity index is 2.76. The van der Waals surface area contributed by atoms with Gasteiger partial charge in [0.15, 0.2) is 0 Å². The number of aromatic nitrogens is 1. The summed E-state index contributed by atoms with van der Waals surface area (Å²) in [7, 11) is 0. The number of benzene rings is 1. The van der Waals surface area contributed by atoms with Gasteiger partial charge in [0.25, 0.3) is 6.43 Å². The Labute approximate surface area is 98.5 Å². The highest BCUT2D eigenvalue weighted by molar-refractivity contribution is 5.83. The first-order valence-electron chi connectivity index (χ1n) is 5.37. The van der Waals surface area contributed by atoms with Gasteiger partial charge in [0, 0.05) is 11.1 Å². The molecule has 0 fully saturated rings. The van der Waals surface area contributed by atoms with Crippen LogP contribution in [0.15, 0.2) is 30.3 Å². The lowest BCUT2D eigenvalue weighted by atomic mass is 9.90. The molecule has 0 spiro atoms. The van der Waals surface area contributed by atoms with E-state index < -0.39 is 12.0 Å². The summed E-state index contributed by atoms with van der Waals surface area (Å²) in [5.74, 6) is 0. The number of nitrogens with zero attached hydrogens (tertiary/aromatic N) is 1. The second-order valence-corrected chi connectivity index (χ2v) is 4.41. The van der Waals surface area contributed by atoms with E-state index in [1.165, 1.54) is 6.92 Å². The van der Waals surface area contributed by atoms with Crippen molar-refractivity contribution in [1.29, 1.82) is 0 Å². The molecule has 1 aromatic carbocycles. The van der Waals surface area contributed by atoms with Crippen molar-refractivity contribution in [3.63, 3.8) is 0 Å². The van der Waals surface area contributed by atoms with Crippen molar-refractivity contribution in [1.82, 2.24) is 4.98 Å². The van der Waals surface area contributed by atoms with Crippen molar-refractivity contribution >= 4 is 10.9 Å². The molecule has 2 N–H and O–H groups in total. The van der Waals surface area contributed by atoms with Gasteiger partial charge in [-0.05, 0) is 31.5 Å². The molecule has 0 aliphatic heterocycles. The summed E-state index contributed by atoms with van der Waals surface area (Å²) in [6.45, 7) is 3.12. The summed E-state index contributed by atoms with van der Waals surface area (Å²) < 4.78 is 26.0. The predicted octanol–water partition coefficient (Wildman–Crippen LogP) is 2.98. The molecule has 2 nitrogen and oxygen atoms in total. The third-order valence-electron chi connectivity index (χ3n) is 2.88. The van der Waals surface area contributed by atoms with Gasteiger partial charge in [-0.25, -0.2) is 8.78 Å². The van der Waals surface area contributed by atoms with Gasteiger partial charge in [0.05, 0.1) is 5.52 Å². The van der Waals surface area contributed by atoms with Gasteiger partial charge in [-0.3, -0.25) is 4.98 Å². The van der Waals surface area contributed by atoms with Crippen LogP contribution in [0, 0.1) is 6.92 Å². The van der Waals surface area contributed by atoms with E-state index in [4.69, 9.17) is 5.73 Å². The van der Waals surface area contributed by atoms with Crippen LogP contribution in [0.25, 0.3) is 10.9 Å². The van der Waals surface area contributed by atoms with E-state index in [1.54, 1.807) is 31.2 Å². The van der Waals surface area contributed by atoms with Crippen LogP contribution in [-0.2, 0) is 5.54 Å². The average Bonchev–Trinajstić information content (AvgIpc) is 2.27. The topological polar surface area (TPSA) is 38.9 Å². The van der Waals surface area contributed by atoms with E-state index in [0.717, 1.165) is 0 Å². The number of hydrogen-bond acceptors (Lipinski definition) is 2. The molecule has 0 bridgehead atoms. The zero-order valence-corrected chi connectivity index (χ0v) is 9.74. The summed E-state index contributed by atoms with van der Waals surface area (Å²) in [5.41, 5.74) is 5.90. The summed E-state index contributed by atoms with van der Waals surface area (Å²) in [5, 5.41) is 0.684. The number of aryl methyl sites for hydroxylation is 1. The molecule has 0 amide bonds. The lowest BCUT2D eigenvalue weighted by molar-refractivity contribution is 0.0632. The molecule has 0 radical (unpaired) electrons. The molecule has 0 saturated carbocycles. The predicted molar refractivity (Wildman–Crippen MR) is 64.0 cm³/mol. The summed E-state index contributed by atoms with van der Waals surface area (Å²) in [4.78, 5) is 4.31. The Kier molecular flexibility index (Phi) is 2.83. The van der Waals surface area contributed by atoms with Crippen molar-refractivity contribution in [3.8, 4) is 0 Å². The molecule has 1 unspecified atom stereocenters. The number of fused-ring (bicyclic) bond motifs is 1. The van der Waals surface area contributed by atoms with Crippen LogP contribution < -0.4 is 5.73 Å². The molecule has 4 heteroatoms. The highest BCUT2D eigenvalue weighted by Crippen LogP contribution is 2.31. The van der Waals surface area contributed by atoms with E-state index in [0.29, 0.717) is 22.2 Å². The largest absolute Gasteiger partial charge is 0.317 e. The first kappa shape index (κ1) is 11.9. The number of alkyl halides is 2. The van der Waals surface area contributed by atoms with Gasteiger partial charge >= 0.3 is 0 Å². The molecular formula is C13H14F2N2. The zero-order valence-electron chi connectivity index (χ0n) is 9.74. The van der Waals surface area contributed by atoms with E-state index in [2.05, 4.69) is 4.98 Å². The summed E-state index contributed by atoms with van der Waals surface area (Å²) in [6.07, 6.45) is -2.62. The molecule has 0 aliphatic rings. The highest BCUT2D eigenvalue weighted by atomic mass is 19.3. The Hall–Kier alpha value is -1.55. The lowest BCUT2D eigenvalue weighted by Crippen LogP contribution is -2.40. The second-order valence-electron chi connectivity index (χ2n) is 4.41. The van der Waals surface area contributed by atoms with Gasteiger partial charge in [-0.15, -0.1) is 0 Å². The molecule has 17 heavy (non-hydrogen) atoms. The second kappa shape index (κ2) is 4.04. The Morgan fingerprint density at radius 2 is 1.94 bits per heavy atom. The van der Waals surface area contributed by atoms with Crippen LogP contribution in [0.2, 0.25) is 0 Å². The third kappa shape index (κ3) is 2.00. The van der Waals surface area contributed by atoms with Crippen LogP contribution >= 0.6 is 0 Å². The van der Waals surface area contributed by atoms with Gasteiger partial charge in [-0.1, -0.05) is 18.2 Å². The molecule has 2 aromatic rings. The maximum atomic E-state index is 13.0. The Morgan fingerprint density at radius 1 is 1.29 bits per heavy atom. The fourth-order valence-electron chi connectivity index (χ4n) is 1.87. The van der Waals surface area contributed by atoms with E-state index >= 15 is 0 Å². The molecular weight excluding hydrogens is 222 g/mol. The molecule has 2 rings (SSSR count). The molecule has 0 aliphatic carbocycles. The smallest absolute Gasteiger partial charge is 0.260 e. The normalized spacial score (nSPS) is 15.2.